The number of hydrogen-bond acceptors (Lipinski definition) is 0. The lowest BCUT2D eigenvalue weighted by Gasteiger charge is -2.05. The Balaban J connectivity index is 2.67. The van der Waals surface area contributed by atoms with Crippen LogP contribution in [0.5, 0.6) is 0 Å². The molecule has 2 aromatic carbocycles. The third-order valence-electron chi connectivity index (χ3n) is 2.34. The minimum atomic E-state index is -2.51. The summed E-state index contributed by atoms with van der Waals surface area (Å²) >= 11 is 0. The van der Waals surface area contributed by atoms with Crippen molar-refractivity contribution in [2.24, 2.45) is 0 Å². The molecule has 2 rings (SSSR count). The molecule has 0 spiro atoms. The molecule has 0 bridgehead atoms. The van der Waals surface area contributed by atoms with Crippen LogP contribution in [0.25, 0.3) is 10.8 Å². The predicted molar refractivity (Wildman–Crippen MR) is 56.9 cm³/mol. The molecule has 0 amide bonds. The van der Waals surface area contributed by atoms with Gasteiger partial charge in [0.15, 0.2) is 0 Å². The van der Waals surface area contributed by atoms with E-state index in [9.17, 15) is 13.2 Å². The van der Waals surface area contributed by atoms with Crippen LogP contribution < -0.4 is 0 Å². The Morgan fingerprint density at radius 3 is 2.56 bits per heavy atom. The SMILES string of the molecule is FC#Cc1ccc2c(C(F)F)cccc2c1. The normalized spacial score (nSPS) is 10.2. The number of rotatable bonds is 1. The van der Waals surface area contributed by atoms with Crippen LogP contribution in [0.15, 0.2) is 36.4 Å². The summed E-state index contributed by atoms with van der Waals surface area (Å²) in [6.07, 6.45) is -1.22. The van der Waals surface area contributed by atoms with E-state index in [0.29, 0.717) is 16.3 Å². The molecule has 0 N–H and O–H groups in total. The molecule has 0 saturated heterocycles. The van der Waals surface area contributed by atoms with Crippen molar-refractivity contribution in [3.05, 3.63) is 47.5 Å². The number of benzene rings is 2. The van der Waals surface area contributed by atoms with E-state index in [4.69, 9.17) is 0 Å². The standard InChI is InChI=1S/C13H7F3/c14-7-6-9-4-5-11-10(8-9)2-1-3-12(11)13(15)16/h1-5,8,13H. The fourth-order valence-electron chi connectivity index (χ4n) is 1.63. The van der Waals surface area contributed by atoms with Crippen LogP contribution in [0.3, 0.4) is 0 Å². The topological polar surface area (TPSA) is 0 Å². The van der Waals surface area contributed by atoms with Gasteiger partial charge in [-0.25, -0.2) is 8.78 Å². The maximum atomic E-state index is 12.7. The second-order valence-electron chi connectivity index (χ2n) is 3.30. The monoisotopic (exact) mass is 220 g/mol. The lowest BCUT2D eigenvalue weighted by molar-refractivity contribution is 0.153. The molecule has 0 nitrogen and oxygen atoms in total. The molecule has 0 aromatic heterocycles. The Hall–Kier alpha value is -1.95. The van der Waals surface area contributed by atoms with Crippen molar-refractivity contribution in [1.29, 1.82) is 0 Å². The Morgan fingerprint density at radius 1 is 1.06 bits per heavy atom. The highest BCUT2D eigenvalue weighted by Gasteiger charge is 2.10. The fraction of sp³-hybridized carbons (Fsp3) is 0.0769. The minimum absolute atomic E-state index is 0.0164. The molecular weight excluding hydrogens is 213 g/mol. The van der Waals surface area contributed by atoms with E-state index in [2.05, 4.69) is 5.92 Å². The molecular formula is C13H7F3. The van der Waals surface area contributed by atoms with Crippen LogP contribution in [0.4, 0.5) is 13.2 Å². The molecule has 16 heavy (non-hydrogen) atoms. The zero-order valence-corrected chi connectivity index (χ0v) is 8.18. The van der Waals surface area contributed by atoms with E-state index in [1.54, 1.807) is 18.2 Å². The van der Waals surface area contributed by atoms with Crippen LogP contribution in [-0.4, -0.2) is 0 Å². The summed E-state index contributed by atoms with van der Waals surface area (Å²) in [4.78, 5) is 0. The van der Waals surface area contributed by atoms with E-state index in [1.165, 1.54) is 24.4 Å². The van der Waals surface area contributed by atoms with Gasteiger partial charge in [-0.05, 0) is 28.8 Å². The molecule has 0 aliphatic heterocycles. The first-order chi connectivity index (χ1) is 7.72. The average Bonchev–Trinajstić information content (AvgIpc) is 2.28. The first-order valence-corrected chi connectivity index (χ1v) is 4.65. The molecule has 80 valence electrons. The van der Waals surface area contributed by atoms with Crippen LogP contribution in [0, 0.1) is 12.1 Å². The smallest absolute Gasteiger partial charge is 0.205 e. The van der Waals surface area contributed by atoms with Gasteiger partial charge in [0.25, 0.3) is 6.43 Å². The van der Waals surface area contributed by atoms with Gasteiger partial charge in [0.1, 0.15) is 6.17 Å². The van der Waals surface area contributed by atoms with Crippen molar-refractivity contribution >= 4 is 10.8 Å². The van der Waals surface area contributed by atoms with Crippen LogP contribution in [-0.2, 0) is 0 Å². The molecule has 0 atom stereocenters. The molecule has 0 aliphatic rings. The fourth-order valence-corrected chi connectivity index (χ4v) is 1.63. The molecule has 3 heteroatoms. The van der Waals surface area contributed by atoms with Crippen LogP contribution >= 0.6 is 0 Å². The van der Waals surface area contributed by atoms with Crippen molar-refractivity contribution in [3.63, 3.8) is 0 Å². The van der Waals surface area contributed by atoms with E-state index in [0.717, 1.165) is 0 Å². The van der Waals surface area contributed by atoms with Crippen molar-refractivity contribution < 1.29 is 13.2 Å². The van der Waals surface area contributed by atoms with Crippen molar-refractivity contribution in [2.45, 2.75) is 6.43 Å². The Labute approximate surface area is 90.7 Å². The Kier molecular flexibility index (Phi) is 2.82. The van der Waals surface area contributed by atoms with Gasteiger partial charge in [0.2, 0.25) is 0 Å². The quantitative estimate of drug-likeness (QED) is 0.636. The van der Waals surface area contributed by atoms with E-state index in [-0.39, 0.29) is 5.56 Å². The van der Waals surface area contributed by atoms with Gasteiger partial charge in [-0.1, -0.05) is 24.3 Å². The Morgan fingerprint density at radius 2 is 1.88 bits per heavy atom. The van der Waals surface area contributed by atoms with Gasteiger partial charge in [0.05, 0.1) is 0 Å². The highest BCUT2D eigenvalue weighted by molar-refractivity contribution is 5.87. The van der Waals surface area contributed by atoms with Crippen molar-refractivity contribution in [2.75, 3.05) is 0 Å². The lowest BCUT2D eigenvalue weighted by atomic mass is 10.0. The van der Waals surface area contributed by atoms with E-state index in [1.807, 2.05) is 0 Å². The third-order valence-corrected chi connectivity index (χ3v) is 2.34. The first-order valence-electron chi connectivity index (χ1n) is 4.65. The molecule has 0 fully saturated rings. The van der Waals surface area contributed by atoms with Gasteiger partial charge >= 0.3 is 0 Å². The summed E-state index contributed by atoms with van der Waals surface area (Å²) in [5.41, 5.74) is 0.457. The highest BCUT2D eigenvalue weighted by atomic mass is 19.3. The first kappa shape index (κ1) is 10.6. The summed E-state index contributed by atoms with van der Waals surface area (Å²) in [6, 6.07) is 9.29. The summed E-state index contributed by atoms with van der Waals surface area (Å²) in [5, 5.41) is 1.11. The molecule has 2 aromatic rings. The maximum absolute atomic E-state index is 12.7. The average molecular weight is 220 g/mol. The molecule has 0 saturated carbocycles. The second-order valence-corrected chi connectivity index (χ2v) is 3.30. The molecule has 0 aliphatic carbocycles. The van der Waals surface area contributed by atoms with Gasteiger partial charge < -0.3 is 0 Å². The van der Waals surface area contributed by atoms with Gasteiger partial charge in [-0.2, -0.15) is 0 Å². The van der Waals surface area contributed by atoms with E-state index >= 15 is 0 Å². The number of hydrogen-bond donors (Lipinski definition) is 0. The largest absolute Gasteiger partial charge is 0.264 e. The van der Waals surface area contributed by atoms with Gasteiger partial charge in [-0.3, -0.25) is 0 Å². The summed E-state index contributed by atoms with van der Waals surface area (Å²) in [5.74, 6) is 2.24. The summed E-state index contributed by atoms with van der Waals surface area (Å²) in [6.45, 7) is 0. The van der Waals surface area contributed by atoms with Gasteiger partial charge in [-0.15, -0.1) is 4.39 Å². The second kappa shape index (κ2) is 4.28. The molecule has 0 radical (unpaired) electrons. The van der Waals surface area contributed by atoms with Crippen molar-refractivity contribution in [3.8, 4) is 12.1 Å². The number of halogens is 3. The van der Waals surface area contributed by atoms with Crippen LogP contribution in [0.1, 0.15) is 17.6 Å². The van der Waals surface area contributed by atoms with Gasteiger partial charge in [0, 0.05) is 11.1 Å². The predicted octanol–water partition coefficient (Wildman–Crippen LogP) is 4.06. The third kappa shape index (κ3) is 1.87. The van der Waals surface area contributed by atoms with E-state index < -0.39 is 6.43 Å². The lowest BCUT2D eigenvalue weighted by Crippen LogP contribution is -1.87. The number of fused-ring (bicyclic) bond motifs is 1. The molecule has 0 heterocycles. The summed E-state index contributed by atoms with van der Waals surface area (Å²) in [7, 11) is 0. The minimum Gasteiger partial charge on any atom is -0.205 e. The maximum Gasteiger partial charge on any atom is 0.264 e. The van der Waals surface area contributed by atoms with Crippen LogP contribution in [0.2, 0.25) is 0 Å². The van der Waals surface area contributed by atoms with Crippen molar-refractivity contribution in [1.82, 2.24) is 0 Å². The Bertz CT molecular complexity index is 576. The highest BCUT2D eigenvalue weighted by Crippen LogP contribution is 2.27. The zero-order valence-electron chi connectivity index (χ0n) is 8.18. The number of alkyl halides is 2. The summed E-state index contributed by atoms with van der Waals surface area (Å²) < 4.78 is 37.1. The molecule has 0 unspecified atom stereocenters. The zero-order chi connectivity index (χ0) is 11.5.